The predicted octanol–water partition coefficient (Wildman–Crippen LogP) is 3.21. The third kappa shape index (κ3) is 2.17. The first-order valence-corrected chi connectivity index (χ1v) is 5.32. The predicted molar refractivity (Wildman–Crippen MR) is 64.7 cm³/mol. The monoisotopic (exact) mass is 234 g/mol. The van der Waals surface area contributed by atoms with E-state index in [4.69, 9.17) is 11.6 Å². The van der Waals surface area contributed by atoms with Crippen molar-refractivity contribution < 1.29 is 9.53 Å². The average Bonchev–Trinajstić information content (AvgIpc) is 2.30. The molecule has 0 radical (unpaired) electrons. The summed E-state index contributed by atoms with van der Waals surface area (Å²) in [4.78, 5) is 11.1. The lowest BCUT2D eigenvalue weighted by molar-refractivity contribution is -0.139. The zero-order valence-corrected chi connectivity index (χ0v) is 9.62. The van der Waals surface area contributed by atoms with Crippen molar-refractivity contribution in [2.45, 2.75) is 6.42 Å². The first kappa shape index (κ1) is 11.0. The van der Waals surface area contributed by atoms with Crippen LogP contribution >= 0.6 is 11.6 Å². The van der Waals surface area contributed by atoms with Gasteiger partial charge in [0.2, 0.25) is 0 Å². The van der Waals surface area contributed by atoms with E-state index in [1.807, 2.05) is 36.4 Å². The molecular formula is C13H11ClO2. The van der Waals surface area contributed by atoms with Crippen LogP contribution in [0.15, 0.2) is 36.4 Å². The number of halogens is 1. The van der Waals surface area contributed by atoms with Crippen molar-refractivity contribution in [3.8, 4) is 0 Å². The molecule has 0 aromatic heterocycles. The molecule has 0 spiro atoms. The van der Waals surface area contributed by atoms with E-state index in [1.54, 1.807) is 0 Å². The summed E-state index contributed by atoms with van der Waals surface area (Å²) in [7, 11) is 1.39. The van der Waals surface area contributed by atoms with Crippen LogP contribution in [0.5, 0.6) is 0 Å². The molecule has 0 fully saturated rings. The van der Waals surface area contributed by atoms with Crippen molar-refractivity contribution in [2.24, 2.45) is 0 Å². The third-order valence-corrected chi connectivity index (χ3v) is 2.80. The Morgan fingerprint density at radius 1 is 1.31 bits per heavy atom. The summed E-state index contributed by atoms with van der Waals surface area (Å²) in [6.45, 7) is 0. The number of hydrogen-bond donors (Lipinski definition) is 0. The number of rotatable bonds is 2. The van der Waals surface area contributed by atoms with Gasteiger partial charge in [0.05, 0.1) is 13.5 Å². The van der Waals surface area contributed by atoms with Crippen LogP contribution in [-0.4, -0.2) is 13.1 Å². The van der Waals surface area contributed by atoms with Gasteiger partial charge in [-0.2, -0.15) is 0 Å². The lowest BCUT2D eigenvalue weighted by atomic mass is 10.1. The summed E-state index contributed by atoms with van der Waals surface area (Å²) < 4.78 is 4.62. The first-order chi connectivity index (χ1) is 7.70. The molecular weight excluding hydrogens is 224 g/mol. The van der Waals surface area contributed by atoms with E-state index in [0.29, 0.717) is 5.02 Å². The SMILES string of the molecule is COC(=O)Cc1ccc2cccc(Cl)c2c1. The molecule has 3 heteroatoms. The lowest BCUT2D eigenvalue weighted by Gasteiger charge is -2.04. The molecule has 0 N–H and O–H groups in total. The summed E-state index contributed by atoms with van der Waals surface area (Å²) in [5.74, 6) is -0.244. The number of benzene rings is 2. The second-order valence-corrected chi connectivity index (χ2v) is 3.96. The van der Waals surface area contributed by atoms with Gasteiger partial charge in [0, 0.05) is 10.4 Å². The van der Waals surface area contributed by atoms with Crippen LogP contribution < -0.4 is 0 Å². The number of fused-ring (bicyclic) bond motifs is 1. The molecule has 0 aliphatic rings. The molecule has 0 atom stereocenters. The quantitative estimate of drug-likeness (QED) is 0.746. The van der Waals surface area contributed by atoms with E-state index in [-0.39, 0.29) is 12.4 Å². The highest BCUT2D eigenvalue weighted by atomic mass is 35.5. The molecule has 2 aromatic carbocycles. The van der Waals surface area contributed by atoms with Crippen LogP contribution in [0.3, 0.4) is 0 Å². The van der Waals surface area contributed by atoms with Crippen molar-refractivity contribution in [1.82, 2.24) is 0 Å². The highest BCUT2D eigenvalue weighted by Gasteiger charge is 2.05. The Bertz CT molecular complexity index is 534. The molecule has 0 saturated carbocycles. The molecule has 0 saturated heterocycles. The minimum Gasteiger partial charge on any atom is -0.469 e. The van der Waals surface area contributed by atoms with Crippen LogP contribution in [0.2, 0.25) is 5.02 Å². The van der Waals surface area contributed by atoms with Gasteiger partial charge in [0.25, 0.3) is 0 Å². The number of hydrogen-bond acceptors (Lipinski definition) is 2. The number of ether oxygens (including phenoxy) is 1. The van der Waals surface area contributed by atoms with Crippen LogP contribution in [0.25, 0.3) is 10.8 Å². The smallest absolute Gasteiger partial charge is 0.309 e. The van der Waals surface area contributed by atoms with Gasteiger partial charge >= 0.3 is 5.97 Å². The van der Waals surface area contributed by atoms with Gasteiger partial charge in [-0.15, -0.1) is 0 Å². The Kier molecular flexibility index (Phi) is 3.11. The highest BCUT2D eigenvalue weighted by molar-refractivity contribution is 6.35. The fourth-order valence-corrected chi connectivity index (χ4v) is 1.87. The molecule has 2 rings (SSSR count). The van der Waals surface area contributed by atoms with Crippen molar-refractivity contribution in [1.29, 1.82) is 0 Å². The van der Waals surface area contributed by atoms with Crippen LogP contribution in [-0.2, 0) is 16.0 Å². The van der Waals surface area contributed by atoms with Gasteiger partial charge in [0.15, 0.2) is 0 Å². The number of esters is 1. The molecule has 0 heterocycles. The van der Waals surface area contributed by atoms with Crippen molar-refractivity contribution >= 4 is 28.3 Å². The highest BCUT2D eigenvalue weighted by Crippen LogP contribution is 2.24. The molecule has 0 aliphatic carbocycles. The standard InChI is InChI=1S/C13H11ClO2/c1-16-13(15)8-9-5-6-10-3-2-4-12(14)11(10)7-9/h2-7H,8H2,1H3. The normalized spacial score (nSPS) is 10.4. The van der Waals surface area contributed by atoms with E-state index in [2.05, 4.69) is 4.74 Å². The van der Waals surface area contributed by atoms with Gasteiger partial charge in [-0.25, -0.2) is 0 Å². The molecule has 2 nitrogen and oxygen atoms in total. The Labute approximate surface area is 98.8 Å². The summed E-state index contributed by atoms with van der Waals surface area (Å²) in [6.07, 6.45) is 0.275. The van der Waals surface area contributed by atoms with Crippen LogP contribution in [0.4, 0.5) is 0 Å². The van der Waals surface area contributed by atoms with Crippen molar-refractivity contribution in [2.75, 3.05) is 7.11 Å². The van der Waals surface area contributed by atoms with Crippen LogP contribution in [0.1, 0.15) is 5.56 Å². The van der Waals surface area contributed by atoms with Crippen molar-refractivity contribution in [3.63, 3.8) is 0 Å². The molecule has 0 aliphatic heterocycles. The summed E-state index contributed by atoms with van der Waals surface area (Å²) in [6, 6.07) is 11.5. The minimum absolute atomic E-state index is 0.244. The average molecular weight is 235 g/mol. The fraction of sp³-hybridized carbons (Fsp3) is 0.154. The number of methoxy groups -OCH3 is 1. The summed E-state index contributed by atoms with van der Waals surface area (Å²) in [5.41, 5.74) is 0.910. The maximum absolute atomic E-state index is 11.1. The van der Waals surface area contributed by atoms with Gasteiger partial charge < -0.3 is 4.74 Å². The zero-order valence-electron chi connectivity index (χ0n) is 8.87. The Balaban J connectivity index is 2.43. The van der Waals surface area contributed by atoms with Crippen molar-refractivity contribution in [3.05, 3.63) is 47.0 Å². The van der Waals surface area contributed by atoms with Gasteiger partial charge in [-0.05, 0) is 23.1 Å². The third-order valence-electron chi connectivity index (χ3n) is 2.47. The van der Waals surface area contributed by atoms with E-state index in [9.17, 15) is 4.79 Å². The molecule has 2 aromatic rings. The second-order valence-electron chi connectivity index (χ2n) is 3.55. The topological polar surface area (TPSA) is 26.3 Å². The van der Waals surface area contributed by atoms with Gasteiger partial charge in [-0.1, -0.05) is 35.9 Å². The Morgan fingerprint density at radius 2 is 2.12 bits per heavy atom. The van der Waals surface area contributed by atoms with E-state index < -0.39 is 0 Å². The summed E-state index contributed by atoms with van der Waals surface area (Å²) in [5, 5.41) is 2.73. The fourth-order valence-electron chi connectivity index (χ4n) is 1.63. The maximum Gasteiger partial charge on any atom is 0.309 e. The van der Waals surface area contributed by atoms with E-state index >= 15 is 0 Å². The molecule has 82 valence electrons. The zero-order chi connectivity index (χ0) is 11.5. The summed E-state index contributed by atoms with van der Waals surface area (Å²) >= 11 is 6.08. The van der Waals surface area contributed by atoms with E-state index in [0.717, 1.165) is 16.3 Å². The number of carbonyl (C=O) groups is 1. The minimum atomic E-state index is -0.244. The largest absolute Gasteiger partial charge is 0.469 e. The first-order valence-electron chi connectivity index (χ1n) is 4.94. The number of carbonyl (C=O) groups excluding carboxylic acids is 1. The molecule has 16 heavy (non-hydrogen) atoms. The lowest BCUT2D eigenvalue weighted by Crippen LogP contribution is -2.04. The van der Waals surface area contributed by atoms with E-state index in [1.165, 1.54) is 7.11 Å². The van der Waals surface area contributed by atoms with Crippen LogP contribution in [0, 0.1) is 0 Å². The second kappa shape index (κ2) is 4.54. The van der Waals surface area contributed by atoms with Gasteiger partial charge in [0.1, 0.15) is 0 Å². The molecule has 0 unspecified atom stereocenters. The molecule has 0 bridgehead atoms. The Hall–Kier alpha value is -1.54. The maximum atomic E-state index is 11.1. The molecule has 0 amide bonds. The Morgan fingerprint density at radius 3 is 2.88 bits per heavy atom. The van der Waals surface area contributed by atoms with Gasteiger partial charge in [-0.3, -0.25) is 4.79 Å².